The van der Waals surface area contributed by atoms with E-state index in [-0.39, 0.29) is 0 Å². The summed E-state index contributed by atoms with van der Waals surface area (Å²) in [5.41, 5.74) is 0. The normalized spacial score (nSPS) is 14.7. The Morgan fingerprint density at radius 1 is 0.739 bits per heavy atom. The maximum absolute atomic E-state index is 13.2. The highest BCUT2D eigenvalue weighted by molar-refractivity contribution is 7.88. The molecule has 0 radical (unpaired) electrons. The predicted octanol–water partition coefficient (Wildman–Crippen LogP) is 3.82. The van der Waals surface area contributed by atoms with Crippen LogP contribution in [0.25, 0.3) is 0 Å². The second-order valence-electron chi connectivity index (χ2n) is 4.01. The molecule has 23 heavy (non-hydrogen) atoms. The highest BCUT2D eigenvalue weighted by Gasteiger charge is 2.86. The van der Waals surface area contributed by atoms with Crippen molar-refractivity contribution in [3.05, 3.63) is 30.3 Å². The van der Waals surface area contributed by atoms with Crippen LogP contribution in [0.15, 0.2) is 30.3 Å². The zero-order chi connectivity index (χ0) is 18.3. The molecule has 0 fully saturated rings. The van der Waals surface area contributed by atoms with Crippen molar-refractivity contribution in [2.24, 2.45) is 0 Å². The number of hydrogen-bond donors (Lipinski definition) is 0. The number of halogens is 9. The molecule has 13 heteroatoms. The van der Waals surface area contributed by atoms with Gasteiger partial charge in [-0.3, -0.25) is 0 Å². The Hall–Kier alpha value is -1.66. The van der Waals surface area contributed by atoms with Crippen LogP contribution in [-0.4, -0.2) is 31.7 Å². The molecule has 0 amide bonds. The monoisotopic (exact) mass is 376 g/mol. The van der Waals surface area contributed by atoms with E-state index in [1.54, 1.807) is 0 Å². The smallest absolute Gasteiger partial charge is 0.378 e. The molecule has 0 heterocycles. The van der Waals surface area contributed by atoms with Gasteiger partial charge in [-0.05, 0) is 12.1 Å². The van der Waals surface area contributed by atoms with Crippen LogP contribution in [0.4, 0.5) is 39.5 Å². The standard InChI is InChI=1S/C10H5F9O3S/c11-7(12,9(15,16)17)8(13,14)10(18,19)23(20,21)22-6-4-2-1-3-5-6/h1-5H. The van der Waals surface area contributed by atoms with Crippen molar-refractivity contribution in [2.75, 3.05) is 0 Å². The van der Waals surface area contributed by atoms with Crippen molar-refractivity contribution in [3.63, 3.8) is 0 Å². The number of rotatable bonds is 5. The molecule has 0 aliphatic heterocycles. The summed E-state index contributed by atoms with van der Waals surface area (Å²) in [6.45, 7) is 0. The van der Waals surface area contributed by atoms with Crippen LogP contribution in [0.2, 0.25) is 0 Å². The minimum atomic E-state index is -7.32. The highest BCUT2D eigenvalue weighted by atomic mass is 32.2. The molecule has 3 nitrogen and oxygen atoms in total. The highest BCUT2D eigenvalue weighted by Crippen LogP contribution is 2.54. The Morgan fingerprint density at radius 2 is 1.17 bits per heavy atom. The first-order valence-corrected chi connectivity index (χ1v) is 6.68. The SMILES string of the molecule is O=S(=O)(Oc1ccccc1)C(F)(F)C(F)(F)C(F)(F)C(F)(F)F. The van der Waals surface area contributed by atoms with Gasteiger partial charge in [0.1, 0.15) is 5.75 Å². The summed E-state index contributed by atoms with van der Waals surface area (Å²) in [6.07, 6.45) is -7.12. The molecule has 0 unspecified atom stereocenters. The molecule has 0 atom stereocenters. The molecular formula is C10H5F9O3S. The first-order valence-electron chi connectivity index (χ1n) is 5.27. The van der Waals surface area contributed by atoms with Gasteiger partial charge in [-0.1, -0.05) is 18.2 Å². The Balaban J connectivity index is 3.33. The fourth-order valence-corrected chi connectivity index (χ4v) is 2.08. The van der Waals surface area contributed by atoms with E-state index in [0.29, 0.717) is 12.1 Å². The van der Waals surface area contributed by atoms with Crippen LogP contribution in [0.3, 0.4) is 0 Å². The third-order valence-corrected chi connectivity index (χ3v) is 3.68. The van der Waals surface area contributed by atoms with E-state index in [1.807, 2.05) is 0 Å². The van der Waals surface area contributed by atoms with Crippen LogP contribution in [0.5, 0.6) is 5.75 Å². The van der Waals surface area contributed by atoms with E-state index in [0.717, 1.165) is 12.1 Å². The summed E-state index contributed by atoms with van der Waals surface area (Å²) in [4.78, 5) is 0. The average Bonchev–Trinajstić information content (AvgIpc) is 2.37. The molecule has 0 aromatic heterocycles. The lowest BCUT2D eigenvalue weighted by atomic mass is 10.1. The zero-order valence-corrected chi connectivity index (χ0v) is 11.2. The van der Waals surface area contributed by atoms with Crippen molar-refractivity contribution in [1.82, 2.24) is 0 Å². The van der Waals surface area contributed by atoms with Crippen molar-refractivity contribution in [1.29, 1.82) is 0 Å². The fourth-order valence-electron chi connectivity index (χ4n) is 1.17. The van der Waals surface area contributed by atoms with E-state index in [1.165, 1.54) is 6.07 Å². The van der Waals surface area contributed by atoms with Gasteiger partial charge in [0.05, 0.1) is 0 Å². The molecule has 0 saturated carbocycles. The van der Waals surface area contributed by atoms with Crippen LogP contribution >= 0.6 is 0 Å². The largest absolute Gasteiger partial charge is 0.460 e. The summed E-state index contributed by atoms with van der Waals surface area (Å²) >= 11 is 0. The molecular weight excluding hydrogens is 371 g/mol. The van der Waals surface area contributed by atoms with Crippen LogP contribution in [0, 0.1) is 0 Å². The lowest BCUT2D eigenvalue weighted by Gasteiger charge is -2.32. The Bertz CT molecular complexity index is 652. The van der Waals surface area contributed by atoms with Crippen molar-refractivity contribution in [2.45, 2.75) is 23.3 Å². The zero-order valence-electron chi connectivity index (χ0n) is 10.4. The number of hydrogen-bond acceptors (Lipinski definition) is 3. The molecule has 0 spiro atoms. The van der Waals surface area contributed by atoms with Crippen LogP contribution in [0.1, 0.15) is 0 Å². The quantitative estimate of drug-likeness (QED) is 0.580. The van der Waals surface area contributed by atoms with Crippen molar-refractivity contribution >= 4 is 10.1 Å². The minimum absolute atomic E-state index is 0.674. The van der Waals surface area contributed by atoms with E-state index in [4.69, 9.17) is 0 Å². The van der Waals surface area contributed by atoms with E-state index in [2.05, 4.69) is 4.18 Å². The Labute approximate surface area is 122 Å². The van der Waals surface area contributed by atoms with Crippen molar-refractivity contribution in [3.8, 4) is 5.75 Å². The van der Waals surface area contributed by atoms with E-state index < -0.39 is 39.1 Å². The third-order valence-electron chi connectivity index (χ3n) is 2.38. The number of alkyl halides is 9. The summed E-state index contributed by atoms with van der Waals surface area (Å²) in [6, 6.07) is 4.59. The second-order valence-corrected chi connectivity index (χ2v) is 5.60. The van der Waals surface area contributed by atoms with Gasteiger partial charge in [0.15, 0.2) is 0 Å². The number of para-hydroxylation sites is 1. The van der Waals surface area contributed by atoms with Gasteiger partial charge < -0.3 is 4.18 Å². The first-order chi connectivity index (χ1) is 10.1. The average molecular weight is 376 g/mol. The van der Waals surface area contributed by atoms with E-state index >= 15 is 0 Å². The lowest BCUT2D eigenvalue weighted by Crippen LogP contribution is -2.63. The molecule has 132 valence electrons. The second kappa shape index (κ2) is 5.46. The molecule has 0 aliphatic carbocycles. The maximum atomic E-state index is 13.2. The summed E-state index contributed by atoms with van der Waals surface area (Å²) in [5.74, 6) is -15.6. The van der Waals surface area contributed by atoms with Gasteiger partial charge in [0.2, 0.25) is 0 Å². The molecule has 1 aromatic carbocycles. The van der Waals surface area contributed by atoms with E-state index in [9.17, 15) is 47.9 Å². The third kappa shape index (κ3) is 3.05. The Kier molecular flexibility index (Phi) is 4.60. The summed E-state index contributed by atoms with van der Waals surface area (Å²) < 4.78 is 139. The van der Waals surface area contributed by atoms with Gasteiger partial charge in [0.25, 0.3) is 0 Å². The molecule has 0 aliphatic rings. The Morgan fingerprint density at radius 3 is 1.57 bits per heavy atom. The summed E-state index contributed by atoms with van der Waals surface area (Å²) in [5, 5.41) is -6.87. The lowest BCUT2D eigenvalue weighted by molar-refractivity contribution is -0.382. The topological polar surface area (TPSA) is 43.4 Å². The van der Waals surface area contributed by atoms with Gasteiger partial charge in [-0.2, -0.15) is 47.9 Å². The van der Waals surface area contributed by atoms with Gasteiger partial charge in [0, 0.05) is 0 Å². The van der Waals surface area contributed by atoms with Gasteiger partial charge >= 0.3 is 33.4 Å². The molecule has 0 bridgehead atoms. The molecule has 0 N–H and O–H groups in total. The maximum Gasteiger partial charge on any atom is 0.460 e. The fraction of sp³-hybridized carbons (Fsp3) is 0.400. The molecule has 1 aromatic rings. The predicted molar refractivity (Wildman–Crippen MR) is 56.9 cm³/mol. The van der Waals surface area contributed by atoms with Gasteiger partial charge in [-0.15, -0.1) is 0 Å². The van der Waals surface area contributed by atoms with Gasteiger partial charge in [-0.25, -0.2) is 0 Å². The van der Waals surface area contributed by atoms with Crippen LogP contribution in [-0.2, 0) is 10.1 Å². The minimum Gasteiger partial charge on any atom is -0.378 e. The molecule has 0 saturated heterocycles. The first kappa shape index (κ1) is 19.4. The van der Waals surface area contributed by atoms with Crippen LogP contribution < -0.4 is 4.18 Å². The number of benzene rings is 1. The summed E-state index contributed by atoms with van der Waals surface area (Å²) in [7, 11) is -6.88. The molecule has 1 rings (SSSR count). The van der Waals surface area contributed by atoms with Crippen molar-refractivity contribution < 1.29 is 52.1 Å².